The number of amides is 1. The summed E-state index contributed by atoms with van der Waals surface area (Å²) in [4.78, 5) is 22.6. The number of rotatable bonds is 5. The molecule has 0 radical (unpaired) electrons. The second-order valence-corrected chi connectivity index (χ2v) is 5.97. The lowest BCUT2D eigenvalue weighted by atomic mass is 9.97. The molecule has 1 aliphatic rings. The number of aryl methyl sites for hydroxylation is 1. The highest BCUT2D eigenvalue weighted by Gasteiger charge is 2.23. The van der Waals surface area contributed by atoms with Crippen LogP contribution in [-0.4, -0.2) is 38.4 Å². The average molecular weight is 298 g/mol. The fourth-order valence-corrected chi connectivity index (χ4v) is 3.09. The van der Waals surface area contributed by atoms with E-state index in [9.17, 15) is 4.79 Å². The Morgan fingerprint density at radius 3 is 3.05 bits per heavy atom. The van der Waals surface area contributed by atoms with E-state index >= 15 is 0 Å². The molecule has 0 N–H and O–H groups in total. The van der Waals surface area contributed by atoms with Crippen molar-refractivity contribution in [2.24, 2.45) is 5.92 Å². The van der Waals surface area contributed by atoms with Crippen molar-refractivity contribution in [3.05, 3.63) is 48.8 Å². The van der Waals surface area contributed by atoms with Crippen molar-refractivity contribution in [2.45, 2.75) is 32.2 Å². The number of carbonyl (C=O) groups is 1. The summed E-state index contributed by atoms with van der Waals surface area (Å²) in [7, 11) is 0. The Hall–Kier alpha value is -2.17. The van der Waals surface area contributed by atoms with Gasteiger partial charge in [0.15, 0.2) is 0 Å². The first-order valence-corrected chi connectivity index (χ1v) is 7.93. The van der Waals surface area contributed by atoms with Crippen molar-refractivity contribution >= 4 is 5.91 Å². The smallest absolute Gasteiger partial charge is 0.222 e. The minimum Gasteiger partial charge on any atom is -0.342 e. The number of pyridine rings is 1. The molecular formula is C17H22N4O. The second kappa shape index (κ2) is 7.20. The molecule has 0 saturated carbocycles. The zero-order valence-electron chi connectivity index (χ0n) is 12.8. The zero-order valence-corrected chi connectivity index (χ0v) is 12.8. The Bertz CT molecular complexity index is 582. The standard InChI is InChI=1S/C17H22N4O/c22-17(6-5-15-3-1-7-18-11-15)21-9-2-4-16(13-21)12-20-10-8-19-14-20/h1,3,7-8,10-11,14,16H,2,4-6,9,12-13H2/t16-/m1/s1. The Morgan fingerprint density at radius 2 is 2.27 bits per heavy atom. The molecule has 0 aliphatic carbocycles. The number of likely N-dealkylation sites (tertiary alicyclic amines) is 1. The lowest BCUT2D eigenvalue weighted by Gasteiger charge is -2.33. The average Bonchev–Trinajstić information content (AvgIpc) is 3.07. The van der Waals surface area contributed by atoms with Crippen LogP contribution in [0.4, 0.5) is 0 Å². The van der Waals surface area contributed by atoms with E-state index in [1.165, 1.54) is 6.42 Å². The summed E-state index contributed by atoms with van der Waals surface area (Å²) in [6.07, 6.45) is 12.9. The molecule has 1 aliphatic heterocycles. The molecule has 0 unspecified atom stereocenters. The number of carbonyl (C=O) groups excluding carboxylic acids is 1. The van der Waals surface area contributed by atoms with E-state index in [2.05, 4.69) is 14.5 Å². The highest BCUT2D eigenvalue weighted by atomic mass is 16.2. The van der Waals surface area contributed by atoms with Crippen LogP contribution in [0.25, 0.3) is 0 Å². The van der Waals surface area contributed by atoms with Crippen molar-refractivity contribution in [3.63, 3.8) is 0 Å². The summed E-state index contributed by atoms with van der Waals surface area (Å²) >= 11 is 0. The first-order chi connectivity index (χ1) is 10.8. The summed E-state index contributed by atoms with van der Waals surface area (Å²) in [6.45, 7) is 2.71. The fraction of sp³-hybridized carbons (Fsp3) is 0.471. The molecule has 1 saturated heterocycles. The molecule has 3 heterocycles. The maximum Gasteiger partial charge on any atom is 0.222 e. The molecule has 116 valence electrons. The topological polar surface area (TPSA) is 51.0 Å². The normalized spacial score (nSPS) is 18.4. The van der Waals surface area contributed by atoms with Gasteiger partial charge in [-0.3, -0.25) is 9.78 Å². The molecular weight excluding hydrogens is 276 g/mol. The molecule has 22 heavy (non-hydrogen) atoms. The van der Waals surface area contributed by atoms with Crippen LogP contribution < -0.4 is 0 Å². The molecule has 5 nitrogen and oxygen atoms in total. The highest BCUT2D eigenvalue weighted by molar-refractivity contribution is 5.76. The van der Waals surface area contributed by atoms with Crippen molar-refractivity contribution in [1.29, 1.82) is 0 Å². The van der Waals surface area contributed by atoms with Crippen LogP contribution in [0.5, 0.6) is 0 Å². The molecule has 0 aromatic carbocycles. The molecule has 0 spiro atoms. The predicted octanol–water partition coefficient (Wildman–Crippen LogP) is 2.15. The number of piperidine rings is 1. The van der Waals surface area contributed by atoms with E-state index in [1.54, 1.807) is 12.4 Å². The Balaban J connectivity index is 1.49. The van der Waals surface area contributed by atoms with E-state index in [0.717, 1.165) is 38.0 Å². The van der Waals surface area contributed by atoms with Crippen molar-refractivity contribution in [1.82, 2.24) is 19.4 Å². The largest absolute Gasteiger partial charge is 0.342 e. The third kappa shape index (κ3) is 3.93. The van der Waals surface area contributed by atoms with Crippen LogP contribution in [0, 0.1) is 5.92 Å². The number of imidazole rings is 1. The maximum absolute atomic E-state index is 12.4. The fourth-order valence-electron chi connectivity index (χ4n) is 3.09. The Morgan fingerprint density at radius 1 is 1.32 bits per heavy atom. The minimum atomic E-state index is 0.263. The van der Waals surface area contributed by atoms with Gasteiger partial charge in [0, 0.05) is 50.8 Å². The van der Waals surface area contributed by atoms with Gasteiger partial charge >= 0.3 is 0 Å². The summed E-state index contributed by atoms with van der Waals surface area (Å²) in [6, 6.07) is 3.94. The molecule has 1 fully saturated rings. The quantitative estimate of drug-likeness (QED) is 0.850. The summed E-state index contributed by atoms with van der Waals surface area (Å²) in [5.41, 5.74) is 1.13. The van der Waals surface area contributed by atoms with Gasteiger partial charge in [-0.2, -0.15) is 0 Å². The van der Waals surface area contributed by atoms with Crippen molar-refractivity contribution in [3.8, 4) is 0 Å². The van der Waals surface area contributed by atoms with Crippen molar-refractivity contribution < 1.29 is 4.79 Å². The van der Waals surface area contributed by atoms with E-state index in [1.807, 2.05) is 35.8 Å². The monoisotopic (exact) mass is 298 g/mol. The van der Waals surface area contributed by atoms with E-state index in [4.69, 9.17) is 0 Å². The van der Waals surface area contributed by atoms with Gasteiger partial charge in [-0.25, -0.2) is 4.98 Å². The number of hydrogen-bond acceptors (Lipinski definition) is 3. The highest BCUT2D eigenvalue weighted by Crippen LogP contribution is 2.19. The van der Waals surface area contributed by atoms with E-state index in [0.29, 0.717) is 12.3 Å². The molecule has 2 aromatic rings. The molecule has 3 rings (SSSR count). The Labute approximate surface area is 131 Å². The number of hydrogen-bond donors (Lipinski definition) is 0. The van der Waals surface area contributed by atoms with Crippen LogP contribution in [0.3, 0.4) is 0 Å². The lowest BCUT2D eigenvalue weighted by Crippen LogP contribution is -2.41. The van der Waals surface area contributed by atoms with Gasteiger partial charge in [0.1, 0.15) is 0 Å². The summed E-state index contributed by atoms with van der Waals surface area (Å²) < 4.78 is 2.11. The molecule has 2 aromatic heterocycles. The van der Waals surface area contributed by atoms with Crippen LogP contribution in [0.15, 0.2) is 43.2 Å². The van der Waals surface area contributed by atoms with Crippen molar-refractivity contribution in [2.75, 3.05) is 13.1 Å². The van der Waals surface area contributed by atoms with Crippen LogP contribution in [0.1, 0.15) is 24.8 Å². The van der Waals surface area contributed by atoms with Crippen LogP contribution in [-0.2, 0) is 17.8 Å². The zero-order chi connectivity index (χ0) is 15.2. The van der Waals surface area contributed by atoms with Gasteiger partial charge in [-0.05, 0) is 36.8 Å². The minimum absolute atomic E-state index is 0.263. The first kappa shape index (κ1) is 14.8. The van der Waals surface area contributed by atoms with E-state index < -0.39 is 0 Å². The van der Waals surface area contributed by atoms with Gasteiger partial charge in [-0.15, -0.1) is 0 Å². The lowest BCUT2D eigenvalue weighted by molar-refractivity contribution is -0.133. The van der Waals surface area contributed by atoms with Crippen LogP contribution in [0.2, 0.25) is 0 Å². The number of aromatic nitrogens is 3. The third-order valence-electron chi connectivity index (χ3n) is 4.25. The van der Waals surface area contributed by atoms with Gasteiger partial charge in [0.05, 0.1) is 6.33 Å². The molecule has 1 amide bonds. The first-order valence-electron chi connectivity index (χ1n) is 7.93. The SMILES string of the molecule is O=C(CCc1cccnc1)N1CCC[C@H](Cn2ccnc2)C1. The van der Waals surface area contributed by atoms with E-state index in [-0.39, 0.29) is 5.91 Å². The predicted molar refractivity (Wildman–Crippen MR) is 84.1 cm³/mol. The number of nitrogens with zero attached hydrogens (tertiary/aromatic N) is 4. The molecule has 5 heteroatoms. The molecule has 0 bridgehead atoms. The van der Waals surface area contributed by atoms with Crippen LogP contribution >= 0.6 is 0 Å². The Kier molecular flexibility index (Phi) is 4.83. The van der Waals surface area contributed by atoms with Gasteiger partial charge in [0.2, 0.25) is 5.91 Å². The summed E-state index contributed by atoms with van der Waals surface area (Å²) in [5.74, 6) is 0.796. The van der Waals surface area contributed by atoms with Gasteiger partial charge in [0.25, 0.3) is 0 Å². The third-order valence-corrected chi connectivity index (χ3v) is 4.25. The second-order valence-electron chi connectivity index (χ2n) is 5.97. The van der Waals surface area contributed by atoms with Gasteiger partial charge in [-0.1, -0.05) is 6.07 Å². The molecule has 1 atom stereocenters. The maximum atomic E-state index is 12.4. The van der Waals surface area contributed by atoms with Gasteiger partial charge < -0.3 is 9.47 Å². The summed E-state index contributed by atoms with van der Waals surface area (Å²) in [5, 5.41) is 0.